The Kier molecular flexibility index (Phi) is 3.71. The monoisotopic (exact) mass is 223 g/mol. The third kappa shape index (κ3) is 3.31. The van der Waals surface area contributed by atoms with Crippen molar-refractivity contribution in [3.8, 4) is 0 Å². The molecule has 84 valence electrons. The van der Waals surface area contributed by atoms with Gasteiger partial charge in [0.1, 0.15) is 6.29 Å². The van der Waals surface area contributed by atoms with Gasteiger partial charge in [0.25, 0.3) is 0 Å². The Morgan fingerprint density at radius 2 is 1.47 bits per heavy atom. The Balaban J connectivity index is 2.08. The highest BCUT2D eigenvalue weighted by molar-refractivity contribution is 5.74. The topological polar surface area (TPSA) is 29.1 Å². The Labute approximate surface area is 101 Å². The summed E-state index contributed by atoms with van der Waals surface area (Å²) >= 11 is 0. The van der Waals surface area contributed by atoms with Gasteiger partial charge in [0.2, 0.25) is 0 Å². The molecule has 0 amide bonds. The van der Waals surface area contributed by atoms with Gasteiger partial charge in [0, 0.05) is 11.4 Å². The zero-order valence-electron chi connectivity index (χ0n) is 9.34. The van der Waals surface area contributed by atoms with Gasteiger partial charge in [-0.3, -0.25) is 4.79 Å². The molecule has 17 heavy (non-hydrogen) atoms. The predicted octanol–water partition coefficient (Wildman–Crippen LogP) is 3.64. The van der Waals surface area contributed by atoms with E-state index in [1.54, 1.807) is 6.08 Å². The highest BCUT2D eigenvalue weighted by Crippen LogP contribution is 2.16. The van der Waals surface area contributed by atoms with Crippen molar-refractivity contribution in [2.45, 2.75) is 0 Å². The summed E-state index contributed by atoms with van der Waals surface area (Å²) in [4.78, 5) is 10.2. The van der Waals surface area contributed by atoms with Crippen LogP contribution in [0.5, 0.6) is 0 Å². The van der Waals surface area contributed by atoms with Crippen molar-refractivity contribution in [2.75, 3.05) is 5.32 Å². The summed E-state index contributed by atoms with van der Waals surface area (Å²) in [5.41, 5.74) is 3.10. The number of anilines is 2. The van der Waals surface area contributed by atoms with Crippen LogP contribution in [-0.4, -0.2) is 6.29 Å². The van der Waals surface area contributed by atoms with Crippen molar-refractivity contribution in [1.29, 1.82) is 0 Å². The largest absolute Gasteiger partial charge is 0.356 e. The first kappa shape index (κ1) is 11.1. The third-order valence-electron chi connectivity index (χ3n) is 2.34. The molecule has 2 nitrogen and oxygen atoms in total. The second-order valence-electron chi connectivity index (χ2n) is 3.61. The molecule has 0 heterocycles. The summed E-state index contributed by atoms with van der Waals surface area (Å²) in [6.07, 6.45) is 4.04. The molecule has 0 fully saturated rings. The Morgan fingerprint density at radius 3 is 2.12 bits per heavy atom. The molecule has 0 aliphatic heterocycles. The number of allylic oxidation sites excluding steroid dienone is 1. The Hall–Kier alpha value is -2.35. The average Bonchev–Trinajstić information content (AvgIpc) is 2.39. The van der Waals surface area contributed by atoms with Gasteiger partial charge in [-0.15, -0.1) is 0 Å². The molecule has 0 bridgehead atoms. The number of hydrogen-bond donors (Lipinski definition) is 1. The number of nitrogens with one attached hydrogen (secondary N) is 1. The predicted molar refractivity (Wildman–Crippen MR) is 71.3 cm³/mol. The van der Waals surface area contributed by atoms with Crippen LogP contribution in [-0.2, 0) is 4.79 Å². The molecular weight excluding hydrogens is 210 g/mol. The minimum atomic E-state index is 0.774. The summed E-state index contributed by atoms with van der Waals surface area (Å²) in [7, 11) is 0. The van der Waals surface area contributed by atoms with Crippen LogP contribution in [0.15, 0.2) is 60.7 Å². The smallest absolute Gasteiger partial charge is 0.142 e. The van der Waals surface area contributed by atoms with Crippen LogP contribution in [0.4, 0.5) is 11.4 Å². The lowest BCUT2D eigenvalue weighted by molar-refractivity contribution is -0.104. The zero-order chi connectivity index (χ0) is 11.9. The quantitative estimate of drug-likeness (QED) is 0.633. The van der Waals surface area contributed by atoms with Crippen LogP contribution in [0.1, 0.15) is 5.56 Å². The van der Waals surface area contributed by atoms with E-state index in [1.807, 2.05) is 54.6 Å². The first-order chi connectivity index (χ1) is 8.38. The van der Waals surface area contributed by atoms with Crippen LogP contribution >= 0.6 is 0 Å². The third-order valence-corrected chi connectivity index (χ3v) is 2.34. The number of hydrogen-bond acceptors (Lipinski definition) is 2. The SMILES string of the molecule is O=C/C=C/c1ccc(Nc2ccccc2)cc1. The molecule has 0 aliphatic carbocycles. The molecule has 0 saturated heterocycles. The second-order valence-corrected chi connectivity index (χ2v) is 3.61. The number of rotatable bonds is 4. The van der Waals surface area contributed by atoms with Gasteiger partial charge in [-0.25, -0.2) is 0 Å². The van der Waals surface area contributed by atoms with E-state index in [0.29, 0.717) is 0 Å². The van der Waals surface area contributed by atoms with E-state index in [2.05, 4.69) is 5.32 Å². The number of benzene rings is 2. The van der Waals surface area contributed by atoms with Gasteiger partial charge in [-0.05, 0) is 35.9 Å². The summed E-state index contributed by atoms with van der Waals surface area (Å²) in [5, 5.41) is 3.29. The van der Waals surface area contributed by atoms with Gasteiger partial charge in [-0.1, -0.05) is 36.4 Å². The van der Waals surface area contributed by atoms with E-state index in [-0.39, 0.29) is 0 Å². The van der Waals surface area contributed by atoms with Crippen molar-refractivity contribution in [2.24, 2.45) is 0 Å². The number of carbonyl (C=O) groups excluding carboxylic acids is 1. The molecule has 0 atom stereocenters. The van der Waals surface area contributed by atoms with E-state index >= 15 is 0 Å². The van der Waals surface area contributed by atoms with Crippen molar-refractivity contribution >= 4 is 23.7 Å². The van der Waals surface area contributed by atoms with Gasteiger partial charge < -0.3 is 5.32 Å². The maximum absolute atomic E-state index is 10.2. The van der Waals surface area contributed by atoms with E-state index in [1.165, 1.54) is 6.08 Å². The lowest BCUT2D eigenvalue weighted by Gasteiger charge is -2.05. The highest BCUT2D eigenvalue weighted by atomic mass is 16.1. The van der Waals surface area contributed by atoms with E-state index < -0.39 is 0 Å². The average molecular weight is 223 g/mol. The fraction of sp³-hybridized carbons (Fsp3) is 0. The lowest BCUT2D eigenvalue weighted by atomic mass is 10.2. The molecule has 2 heteroatoms. The van der Waals surface area contributed by atoms with Crippen molar-refractivity contribution in [3.63, 3.8) is 0 Å². The minimum Gasteiger partial charge on any atom is -0.356 e. The van der Waals surface area contributed by atoms with Crippen LogP contribution in [0.2, 0.25) is 0 Å². The maximum Gasteiger partial charge on any atom is 0.142 e. The first-order valence-electron chi connectivity index (χ1n) is 5.42. The Bertz CT molecular complexity index is 500. The van der Waals surface area contributed by atoms with Crippen molar-refractivity contribution in [1.82, 2.24) is 0 Å². The number of carbonyl (C=O) groups is 1. The van der Waals surface area contributed by atoms with Crippen LogP contribution < -0.4 is 5.32 Å². The van der Waals surface area contributed by atoms with Crippen LogP contribution in [0.25, 0.3) is 6.08 Å². The highest BCUT2D eigenvalue weighted by Gasteiger charge is 1.93. The number of aldehydes is 1. The normalized spacial score (nSPS) is 10.4. The van der Waals surface area contributed by atoms with Gasteiger partial charge in [0.05, 0.1) is 0 Å². The lowest BCUT2D eigenvalue weighted by Crippen LogP contribution is -1.88. The van der Waals surface area contributed by atoms with Crippen molar-refractivity contribution < 1.29 is 4.79 Å². The molecule has 1 N–H and O–H groups in total. The van der Waals surface area contributed by atoms with Crippen LogP contribution in [0.3, 0.4) is 0 Å². The standard InChI is InChI=1S/C15H13NO/c17-12-4-5-13-8-10-15(11-9-13)16-14-6-2-1-3-7-14/h1-12,16H/b5-4+. The van der Waals surface area contributed by atoms with Gasteiger partial charge >= 0.3 is 0 Å². The molecule has 0 saturated carbocycles. The summed E-state index contributed by atoms with van der Waals surface area (Å²) < 4.78 is 0. The minimum absolute atomic E-state index is 0.774. The second kappa shape index (κ2) is 5.66. The summed E-state index contributed by atoms with van der Waals surface area (Å²) in [6.45, 7) is 0. The fourth-order valence-electron chi connectivity index (χ4n) is 1.52. The molecule has 2 rings (SSSR count). The summed E-state index contributed by atoms with van der Waals surface area (Å²) in [6, 6.07) is 17.9. The zero-order valence-corrected chi connectivity index (χ0v) is 9.34. The molecule has 0 aliphatic rings. The molecule has 2 aromatic rings. The van der Waals surface area contributed by atoms with Gasteiger partial charge in [-0.2, -0.15) is 0 Å². The van der Waals surface area contributed by atoms with E-state index in [4.69, 9.17) is 0 Å². The number of para-hydroxylation sites is 1. The first-order valence-corrected chi connectivity index (χ1v) is 5.42. The maximum atomic E-state index is 10.2. The Morgan fingerprint density at radius 1 is 0.824 bits per heavy atom. The summed E-state index contributed by atoms with van der Waals surface area (Å²) in [5.74, 6) is 0. The molecule has 0 unspecified atom stereocenters. The fourth-order valence-corrected chi connectivity index (χ4v) is 1.52. The molecular formula is C15H13NO. The molecule has 0 radical (unpaired) electrons. The molecule has 2 aromatic carbocycles. The molecule has 0 spiro atoms. The van der Waals surface area contributed by atoms with Crippen molar-refractivity contribution in [3.05, 3.63) is 66.2 Å². The van der Waals surface area contributed by atoms with E-state index in [9.17, 15) is 4.79 Å². The molecule has 0 aromatic heterocycles. The van der Waals surface area contributed by atoms with Gasteiger partial charge in [0.15, 0.2) is 0 Å². The van der Waals surface area contributed by atoms with E-state index in [0.717, 1.165) is 23.2 Å². The van der Waals surface area contributed by atoms with Crippen LogP contribution in [0, 0.1) is 0 Å².